The summed E-state index contributed by atoms with van der Waals surface area (Å²) in [5.41, 5.74) is 3.07. The lowest BCUT2D eigenvalue weighted by atomic mass is 9.99. The molecular weight excluding hydrogens is 326 g/mol. The van der Waals surface area contributed by atoms with E-state index in [0.29, 0.717) is 11.8 Å². The van der Waals surface area contributed by atoms with Crippen molar-refractivity contribution in [1.29, 1.82) is 0 Å². The Bertz CT molecular complexity index is 1010. The van der Waals surface area contributed by atoms with Crippen LogP contribution in [0.25, 0.3) is 22.2 Å². The zero-order valence-corrected chi connectivity index (χ0v) is 15.4. The second-order valence-electron chi connectivity index (χ2n) is 7.17. The van der Waals surface area contributed by atoms with Gasteiger partial charge in [-0.2, -0.15) is 4.98 Å². The van der Waals surface area contributed by atoms with Gasteiger partial charge in [-0.15, -0.1) is 0 Å². The van der Waals surface area contributed by atoms with Crippen LogP contribution in [0.15, 0.2) is 51.7 Å². The molecule has 5 heteroatoms. The topological polar surface area (TPSA) is 49.6 Å². The highest BCUT2D eigenvalue weighted by atomic mass is 16.4. The smallest absolute Gasteiger partial charge is 0.338 e. The van der Waals surface area contributed by atoms with E-state index in [4.69, 9.17) is 4.42 Å². The first-order valence-electron chi connectivity index (χ1n) is 8.95. The van der Waals surface area contributed by atoms with Gasteiger partial charge >= 0.3 is 5.63 Å². The molecule has 26 heavy (non-hydrogen) atoms. The van der Waals surface area contributed by atoms with Crippen molar-refractivity contribution in [2.75, 3.05) is 32.1 Å². The van der Waals surface area contributed by atoms with Crippen molar-refractivity contribution in [3.63, 3.8) is 0 Å². The van der Waals surface area contributed by atoms with Gasteiger partial charge in [0.15, 0.2) is 0 Å². The van der Waals surface area contributed by atoms with Crippen molar-refractivity contribution in [3.8, 4) is 11.1 Å². The Kier molecular flexibility index (Phi) is 4.24. The van der Waals surface area contributed by atoms with Crippen LogP contribution in [-0.4, -0.2) is 43.1 Å². The molecule has 1 fully saturated rings. The number of likely N-dealkylation sites (N-methyl/N-ethyl adjacent to an activating group) is 1. The number of rotatable bonds is 3. The summed E-state index contributed by atoms with van der Waals surface area (Å²) in [4.78, 5) is 21.3. The van der Waals surface area contributed by atoms with Gasteiger partial charge in [0.2, 0.25) is 5.71 Å². The van der Waals surface area contributed by atoms with Crippen LogP contribution < -0.4 is 10.5 Å². The van der Waals surface area contributed by atoms with E-state index in [1.54, 1.807) is 6.07 Å². The van der Waals surface area contributed by atoms with Gasteiger partial charge < -0.3 is 14.2 Å². The van der Waals surface area contributed by atoms with Gasteiger partial charge in [0.25, 0.3) is 0 Å². The van der Waals surface area contributed by atoms with E-state index in [1.807, 2.05) is 43.3 Å². The van der Waals surface area contributed by atoms with Gasteiger partial charge in [-0.05, 0) is 50.7 Å². The first-order valence-corrected chi connectivity index (χ1v) is 8.95. The third kappa shape index (κ3) is 2.99. The molecule has 1 saturated heterocycles. The first kappa shape index (κ1) is 16.8. The van der Waals surface area contributed by atoms with Crippen LogP contribution in [-0.2, 0) is 0 Å². The van der Waals surface area contributed by atoms with E-state index in [-0.39, 0.29) is 5.63 Å². The van der Waals surface area contributed by atoms with E-state index < -0.39 is 0 Å². The molecule has 3 heterocycles. The molecule has 1 aliphatic heterocycles. The zero-order valence-electron chi connectivity index (χ0n) is 15.4. The summed E-state index contributed by atoms with van der Waals surface area (Å²) in [6.45, 7) is 3.94. The molecule has 1 aliphatic rings. The van der Waals surface area contributed by atoms with E-state index in [2.05, 4.69) is 28.9 Å². The molecular formula is C21H23N3O2. The highest BCUT2D eigenvalue weighted by molar-refractivity contribution is 5.92. The molecule has 0 aliphatic carbocycles. The van der Waals surface area contributed by atoms with Crippen LogP contribution in [0.4, 0.5) is 5.82 Å². The lowest BCUT2D eigenvalue weighted by Gasteiger charge is -2.21. The normalized spacial score (nSPS) is 17.4. The highest BCUT2D eigenvalue weighted by Gasteiger charge is 2.25. The predicted molar refractivity (Wildman–Crippen MR) is 105 cm³/mol. The van der Waals surface area contributed by atoms with Gasteiger partial charge in [-0.25, -0.2) is 4.79 Å². The molecule has 4 rings (SSSR count). The van der Waals surface area contributed by atoms with E-state index in [0.717, 1.165) is 47.4 Å². The third-order valence-electron chi connectivity index (χ3n) is 5.25. The molecule has 1 aromatic carbocycles. The van der Waals surface area contributed by atoms with Crippen molar-refractivity contribution in [2.24, 2.45) is 0 Å². The van der Waals surface area contributed by atoms with Gasteiger partial charge in [-0.1, -0.05) is 24.3 Å². The summed E-state index contributed by atoms with van der Waals surface area (Å²) < 4.78 is 5.43. The van der Waals surface area contributed by atoms with E-state index in [9.17, 15) is 4.79 Å². The number of benzene rings is 1. The molecule has 3 aromatic rings. The van der Waals surface area contributed by atoms with Gasteiger partial charge in [0, 0.05) is 36.1 Å². The second-order valence-corrected chi connectivity index (χ2v) is 7.17. The fourth-order valence-corrected chi connectivity index (χ4v) is 3.68. The number of aryl methyl sites for hydroxylation is 1. The molecule has 0 N–H and O–H groups in total. The van der Waals surface area contributed by atoms with Crippen LogP contribution in [0.3, 0.4) is 0 Å². The zero-order chi connectivity index (χ0) is 18.3. The van der Waals surface area contributed by atoms with Crippen LogP contribution in [0.1, 0.15) is 12.0 Å². The lowest BCUT2D eigenvalue weighted by Crippen LogP contribution is -2.31. The molecule has 0 amide bonds. The average Bonchev–Trinajstić information content (AvgIpc) is 3.11. The third-order valence-corrected chi connectivity index (χ3v) is 5.25. The van der Waals surface area contributed by atoms with Gasteiger partial charge in [-0.3, -0.25) is 0 Å². The highest BCUT2D eigenvalue weighted by Crippen LogP contribution is 2.30. The van der Waals surface area contributed by atoms with E-state index >= 15 is 0 Å². The van der Waals surface area contributed by atoms with E-state index in [1.165, 1.54) is 0 Å². The van der Waals surface area contributed by atoms with Crippen molar-refractivity contribution in [2.45, 2.75) is 19.4 Å². The maximum atomic E-state index is 12.1. The molecule has 2 aromatic heterocycles. The molecule has 1 atom stereocenters. The Balaban J connectivity index is 1.79. The number of pyridine rings is 1. The van der Waals surface area contributed by atoms with Crippen LogP contribution >= 0.6 is 0 Å². The number of aromatic nitrogens is 1. The maximum Gasteiger partial charge on any atom is 0.338 e. The Morgan fingerprint density at radius 2 is 1.96 bits per heavy atom. The van der Waals surface area contributed by atoms with Crippen molar-refractivity contribution >= 4 is 16.9 Å². The van der Waals surface area contributed by atoms with Crippen molar-refractivity contribution in [1.82, 2.24) is 9.88 Å². The summed E-state index contributed by atoms with van der Waals surface area (Å²) in [7, 11) is 4.21. The van der Waals surface area contributed by atoms with Crippen LogP contribution in [0.2, 0.25) is 0 Å². The number of anilines is 1. The largest absolute Gasteiger partial charge is 0.404 e. The Hall–Kier alpha value is -2.66. The number of nitrogens with zero attached hydrogens (tertiary/aromatic N) is 3. The van der Waals surface area contributed by atoms with Crippen molar-refractivity contribution in [3.05, 3.63) is 58.4 Å². The number of hydrogen-bond acceptors (Lipinski definition) is 5. The average molecular weight is 349 g/mol. The predicted octanol–water partition coefficient (Wildman–Crippen LogP) is 3.30. The molecule has 0 spiro atoms. The Morgan fingerprint density at radius 1 is 1.15 bits per heavy atom. The molecule has 0 radical (unpaired) electrons. The van der Waals surface area contributed by atoms with Gasteiger partial charge in [0.05, 0.1) is 0 Å². The van der Waals surface area contributed by atoms with Crippen molar-refractivity contribution < 1.29 is 4.42 Å². The second kappa shape index (κ2) is 6.57. The Morgan fingerprint density at radius 3 is 2.69 bits per heavy atom. The number of hydrogen-bond donors (Lipinski definition) is 0. The maximum absolute atomic E-state index is 12.1. The SMILES string of the molecule is Cc1ccccc1-c1cc(=O)oc2nc(N3CCC(N(C)C)C3)ccc12. The fraction of sp³-hybridized carbons (Fsp3) is 0.333. The summed E-state index contributed by atoms with van der Waals surface area (Å²) in [6.07, 6.45) is 1.11. The minimum Gasteiger partial charge on any atom is -0.404 e. The quantitative estimate of drug-likeness (QED) is 0.726. The van der Waals surface area contributed by atoms with Gasteiger partial charge in [0.1, 0.15) is 5.82 Å². The monoisotopic (exact) mass is 349 g/mol. The fourth-order valence-electron chi connectivity index (χ4n) is 3.68. The Labute approximate surface area is 152 Å². The van der Waals surface area contributed by atoms with Crippen LogP contribution in [0, 0.1) is 6.92 Å². The summed E-state index contributed by atoms with van der Waals surface area (Å²) in [5, 5.41) is 0.867. The summed E-state index contributed by atoms with van der Waals surface area (Å²) >= 11 is 0. The first-order chi connectivity index (χ1) is 12.5. The standard InChI is InChI=1S/C21H23N3O2/c1-14-6-4-5-7-16(14)18-12-20(25)26-21-17(18)8-9-19(22-21)24-11-10-15(13-24)23(2)3/h4-9,12,15H,10-11,13H2,1-3H3. The molecule has 1 unspecified atom stereocenters. The molecule has 0 saturated carbocycles. The summed E-state index contributed by atoms with van der Waals surface area (Å²) in [6, 6.07) is 14.2. The summed E-state index contributed by atoms with van der Waals surface area (Å²) in [5.74, 6) is 0.868. The molecule has 0 bridgehead atoms. The minimum atomic E-state index is -0.368. The minimum absolute atomic E-state index is 0.368. The molecule has 134 valence electrons. The van der Waals surface area contributed by atoms with Crippen LogP contribution in [0.5, 0.6) is 0 Å². The molecule has 5 nitrogen and oxygen atoms in total. The lowest BCUT2D eigenvalue weighted by molar-refractivity contribution is 0.315. The number of fused-ring (bicyclic) bond motifs is 1.